The van der Waals surface area contributed by atoms with Gasteiger partial charge in [0.05, 0.1) is 17.3 Å². The summed E-state index contributed by atoms with van der Waals surface area (Å²) in [5, 5.41) is 4.08. The van der Waals surface area contributed by atoms with Gasteiger partial charge in [-0.05, 0) is 34.9 Å². The van der Waals surface area contributed by atoms with Gasteiger partial charge in [-0.1, -0.05) is 52.0 Å². The molecule has 0 aliphatic carbocycles. The number of thioether (sulfide) groups is 1. The molecule has 5 rings (SSSR count). The van der Waals surface area contributed by atoms with Gasteiger partial charge in [0.15, 0.2) is 0 Å². The summed E-state index contributed by atoms with van der Waals surface area (Å²) in [6.45, 7) is 0.727. The lowest BCUT2D eigenvalue weighted by atomic mass is 9.82. The molecule has 1 fully saturated rings. The molecule has 3 atom stereocenters. The Kier molecular flexibility index (Phi) is 2.68. The largest absolute Gasteiger partial charge is 0.376 e. The second kappa shape index (κ2) is 4.52. The number of carbonyl (C=O) groups is 1. The maximum absolute atomic E-state index is 12.5. The Balaban J connectivity index is 1.73. The summed E-state index contributed by atoms with van der Waals surface area (Å²) in [4.78, 5) is 14.5. The lowest BCUT2D eigenvalue weighted by molar-refractivity contribution is 0.182. The Morgan fingerprint density at radius 3 is 2.95 bits per heavy atom. The van der Waals surface area contributed by atoms with Crippen LogP contribution in [-0.4, -0.2) is 16.2 Å². The van der Waals surface area contributed by atoms with Crippen molar-refractivity contribution in [1.29, 1.82) is 0 Å². The molecule has 3 nitrogen and oxygen atoms in total. The number of hydrogen-bond acceptors (Lipinski definition) is 3. The van der Waals surface area contributed by atoms with E-state index in [-0.39, 0.29) is 22.6 Å². The van der Waals surface area contributed by atoms with Gasteiger partial charge in [-0.2, -0.15) is 0 Å². The molecule has 0 spiro atoms. The van der Waals surface area contributed by atoms with Gasteiger partial charge in [0.2, 0.25) is 0 Å². The van der Waals surface area contributed by atoms with Crippen molar-refractivity contribution in [2.24, 2.45) is 0 Å². The van der Waals surface area contributed by atoms with E-state index in [1.807, 2.05) is 4.90 Å². The number of hydrogen-bond donors (Lipinski definition) is 1. The first-order valence-corrected chi connectivity index (χ1v) is 9.01. The average molecular weight is 373 g/mol. The Bertz CT molecular complexity index is 809. The van der Waals surface area contributed by atoms with E-state index in [1.54, 1.807) is 0 Å². The number of amides is 1. The summed E-state index contributed by atoms with van der Waals surface area (Å²) < 4.78 is 1.06. The average Bonchev–Trinajstić information content (AvgIpc) is 2.86. The monoisotopic (exact) mass is 372 g/mol. The highest BCUT2D eigenvalue weighted by Crippen LogP contribution is 2.56. The number of nitrogens with one attached hydrogen (secondary N) is 1. The molecule has 0 unspecified atom stereocenters. The molecule has 1 N–H and O–H groups in total. The minimum absolute atomic E-state index is 0.183. The third-order valence-corrected chi connectivity index (χ3v) is 6.55. The summed E-state index contributed by atoms with van der Waals surface area (Å²) >= 11 is 5.03. The number of rotatable bonds is 0. The van der Waals surface area contributed by atoms with Crippen molar-refractivity contribution in [1.82, 2.24) is 4.90 Å². The molecule has 0 radical (unpaired) electrons. The molecule has 3 aliphatic rings. The topological polar surface area (TPSA) is 32.3 Å². The molecule has 110 valence electrons. The smallest absolute Gasteiger partial charge is 0.282 e. The van der Waals surface area contributed by atoms with Gasteiger partial charge in [0.25, 0.3) is 5.24 Å². The molecule has 3 aliphatic heterocycles. The molecule has 1 amide bonds. The molecule has 1 saturated heterocycles. The fourth-order valence-corrected chi connectivity index (χ4v) is 5.57. The quantitative estimate of drug-likeness (QED) is 0.726. The van der Waals surface area contributed by atoms with E-state index < -0.39 is 0 Å². The molecule has 5 heteroatoms. The normalized spacial score (nSPS) is 27.8. The predicted molar refractivity (Wildman–Crippen MR) is 92.0 cm³/mol. The van der Waals surface area contributed by atoms with Crippen molar-refractivity contribution in [3.05, 3.63) is 63.6 Å². The van der Waals surface area contributed by atoms with Crippen LogP contribution in [-0.2, 0) is 6.54 Å². The van der Waals surface area contributed by atoms with Crippen molar-refractivity contribution in [3.63, 3.8) is 0 Å². The van der Waals surface area contributed by atoms with Gasteiger partial charge in [0, 0.05) is 16.7 Å². The lowest BCUT2D eigenvalue weighted by Crippen LogP contribution is -2.47. The number of anilines is 1. The second-order valence-corrected chi connectivity index (χ2v) is 7.98. The fourth-order valence-electron chi connectivity index (χ4n) is 3.88. The zero-order chi connectivity index (χ0) is 14.8. The molecule has 0 saturated carbocycles. The summed E-state index contributed by atoms with van der Waals surface area (Å²) in [6, 6.07) is 15.2. The first-order valence-electron chi connectivity index (χ1n) is 7.33. The van der Waals surface area contributed by atoms with Crippen LogP contribution in [0, 0.1) is 0 Å². The molecule has 22 heavy (non-hydrogen) atoms. The summed E-state index contributed by atoms with van der Waals surface area (Å²) in [6.07, 6.45) is 0. The Morgan fingerprint density at radius 1 is 1.18 bits per heavy atom. The number of carbonyl (C=O) groups excluding carboxylic acids is 1. The van der Waals surface area contributed by atoms with E-state index in [1.165, 1.54) is 28.5 Å². The lowest BCUT2D eigenvalue weighted by Gasteiger charge is -2.44. The summed E-state index contributed by atoms with van der Waals surface area (Å²) in [5.41, 5.74) is 4.97. The standard InChI is InChI=1S/C17H13BrN2OS/c18-10-5-6-13-12(7-10)16-15-14(19-13)11-4-2-1-3-9(11)8-20(15)17(21)22-16/h1-7,14-16,19H,8H2/t14-,15+,16-/m1/s1. The SMILES string of the molecule is O=C1S[C@@H]2c3cc(Br)ccc3N[C@@H]3c4ccccc4CN1[C@@H]32. The maximum Gasteiger partial charge on any atom is 0.282 e. The fraction of sp³-hybridized carbons (Fsp3) is 0.235. The van der Waals surface area contributed by atoms with Crippen LogP contribution in [0.25, 0.3) is 0 Å². The van der Waals surface area contributed by atoms with Crippen molar-refractivity contribution >= 4 is 38.6 Å². The minimum Gasteiger partial charge on any atom is -0.376 e. The van der Waals surface area contributed by atoms with Crippen molar-refractivity contribution < 1.29 is 4.79 Å². The van der Waals surface area contributed by atoms with Gasteiger partial charge in [-0.15, -0.1) is 0 Å². The van der Waals surface area contributed by atoms with Gasteiger partial charge >= 0.3 is 0 Å². The highest BCUT2D eigenvalue weighted by molar-refractivity contribution is 9.10. The van der Waals surface area contributed by atoms with Crippen LogP contribution >= 0.6 is 27.7 Å². The van der Waals surface area contributed by atoms with Crippen LogP contribution < -0.4 is 5.32 Å². The Labute approximate surface area is 141 Å². The molecule has 3 heterocycles. The third-order valence-electron chi connectivity index (χ3n) is 4.84. The zero-order valence-corrected chi connectivity index (χ0v) is 14.0. The second-order valence-electron chi connectivity index (χ2n) is 5.98. The van der Waals surface area contributed by atoms with Crippen LogP contribution in [0.3, 0.4) is 0 Å². The van der Waals surface area contributed by atoms with E-state index in [0.29, 0.717) is 0 Å². The van der Waals surface area contributed by atoms with E-state index >= 15 is 0 Å². The third kappa shape index (κ3) is 1.66. The van der Waals surface area contributed by atoms with Gasteiger partial charge in [-0.3, -0.25) is 4.79 Å². The van der Waals surface area contributed by atoms with Gasteiger partial charge in [0.1, 0.15) is 0 Å². The molecule has 2 aromatic carbocycles. The predicted octanol–water partition coefficient (Wildman–Crippen LogP) is 4.71. The van der Waals surface area contributed by atoms with Crippen LogP contribution in [0.5, 0.6) is 0 Å². The first-order chi connectivity index (χ1) is 10.7. The first kappa shape index (κ1) is 13.0. The summed E-state index contributed by atoms with van der Waals surface area (Å²) in [5.74, 6) is 0. The minimum atomic E-state index is 0.183. The Hall–Kier alpha value is -1.46. The molecule has 2 aromatic rings. The van der Waals surface area contributed by atoms with E-state index in [0.717, 1.165) is 16.7 Å². The number of halogens is 1. The van der Waals surface area contributed by atoms with Gasteiger partial charge in [-0.25, -0.2) is 0 Å². The van der Waals surface area contributed by atoms with E-state index in [4.69, 9.17) is 0 Å². The molecule has 0 aromatic heterocycles. The molecular weight excluding hydrogens is 360 g/mol. The molecular formula is C17H13BrN2OS. The van der Waals surface area contributed by atoms with Crippen molar-refractivity contribution in [2.75, 3.05) is 5.32 Å². The van der Waals surface area contributed by atoms with E-state index in [9.17, 15) is 4.79 Å². The number of nitrogens with zero attached hydrogens (tertiary/aromatic N) is 1. The Morgan fingerprint density at radius 2 is 2.05 bits per heavy atom. The van der Waals surface area contributed by atoms with Crippen molar-refractivity contribution in [3.8, 4) is 0 Å². The van der Waals surface area contributed by atoms with Crippen LogP contribution in [0.1, 0.15) is 28.0 Å². The van der Waals surface area contributed by atoms with E-state index in [2.05, 4.69) is 63.7 Å². The van der Waals surface area contributed by atoms with Crippen LogP contribution in [0.15, 0.2) is 46.9 Å². The molecule has 0 bridgehead atoms. The van der Waals surface area contributed by atoms with Crippen LogP contribution in [0.2, 0.25) is 0 Å². The van der Waals surface area contributed by atoms with Crippen molar-refractivity contribution in [2.45, 2.75) is 23.9 Å². The maximum atomic E-state index is 12.5. The van der Waals surface area contributed by atoms with Gasteiger partial charge < -0.3 is 10.2 Å². The number of fused-ring (bicyclic) bond motifs is 4. The highest BCUT2D eigenvalue weighted by atomic mass is 79.9. The zero-order valence-electron chi connectivity index (χ0n) is 11.6. The number of benzene rings is 2. The summed E-state index contributed by atoms with van der Waals surface area (Å²) in [7, 11) is 0. The highest BCUT2D eigenvalue weighted by Gasteiger charge is 2.51. The van der Waals surface area contributed by atoms with Crippen LogP contribution in [0.4, 0.5) is 10.5 Å².